The van der Waals surface area contributed by atoms with Crippen LogP contribution in [0.4, 0.5) is 4.39 Å². The molecule has 3 aromatic rings. The van der Waals surface area contributed by atoms with Gasteiger partial charge in [0.2, 0.25) is 0 Å². The monoisotopic (exact) mass is 486 g/mol. The number of aromatic nitrogens is 3. The van der Waals surface area contributed by atoms with E-state index in [1.165, 1.54) is 16.8 Å². The van der Waals surface area contributed by atoms with Gasteiger partial charge in [-0.25, -0.2) is 4.39 Å². The van der Waals surface area contributed by atoms with E-state index in [0.29, 0.717) is 28.5 Å². The van der Waals surface area contributed by atoms with E-state index in [2.05, 4.69) is 10.4 Å². The molecule has 2 aliphatic rings. The number of benzene rings is 3. The van der Waals surface area contributed by atoms with Gasteiger partial charge in [0.25, 0.3) is 11.5 Å². The van der Waals surface area contributed by atoms with Crippen molar-refractivity contribution in [2.45, 2.75) is 13.1 Å². The number of carbonyl (C=O) groups excluding carboxylic acids is 1. The van der Waals surface area contributed by atoms with Gasteiger partial charge in [0.05, 0.1) is 16.8 Å². The first-order valence-electron chi connectivity index (χ1n) is 10.9. The number of nitrogens with zero attached hydrogens (tertiary/aromatic N) is 3. The molecule has 6 nitrogen and oxygen atoms in total. The molecule has 2 aliphatic heterocycles. The molecule has 174 valence electrons. The number of amides is 1. The van der Waals surface area contributed by atoms with Crippen molar-refractivity contribution in [3.63, 3.8) is 0 Å². The Morgan fingerprint density at radius 1 is 0.914 bits per heavy atom. The van der Waals surface area contributed by atoms with E-state index >= 15 is 0 Å². The predicted octanol–water partition coefficient (Wildman–Crippen LogP) is 4.91. The zero-order valence-corrected chi connectivity index (χ0v) is 19.2. The summed E-state index contributed by atoms with van der Waals surface area (Å²) in [5, 5.41) is 8.00. The molecule has 0 saturated carbocycles. The highest BCUT2D eigenvalue weighted by atomic mass is 35.5. The van der Waals surface area contributed by atoms with Crippen molar-refractivity contribution in [2.75, 3.05) is 0 Å². The summed E-state index contributed by atoms with van der Waals surface area (Å²) in [4.78, 5) is 26.5. The molecule has 0 fully saturated rings. The Balaban J connectivity index is 1.55. The zero-order chi connectivity index (χ0) is 24.4. The number of pyridine rings is 1. The van der Waals surface area contributed by atoms with Gasteiger partial charge < -0.3 is 9.88 Å². The second kappa shape index (κ2) is 9.56. The minimum absolute atomic E-state index is 0.269. The van der Waals surface area contributed by atoms with Crippen LogP contribution in [0.3, 0.4) is 0 Å². The van der Waals surface area contributed by atoms with Gasteiger partial charge >= 0.3 is 0 Å². The van der Waals surface area contributed by atoms with E-state index in [1.54, 1.807) is 53.4 Å². The molecule has 0 radical (unpaired) electrons. The van der Waals surface area contributed by atoms with Gasteiger partial charge in [-0.2, -0.15) is 9.78 Å². The maximum atomic E-state index is 13.3. The smallest absolute Gasteiger partial charge is 0.282 e. The molecule has 0 spiro atoms. The summed E-state index contributed by atoms with van der Waals surface area (Å²) < 4.78 is 16.4. The number of hydrogen-bond donors (Lipinski definition) is 1. The number of hydrogen-bond acceptors (Lipinski definition) is 3. The maximum absolute atomic E-state index is 13.3. The number of para-hydroxylation sites is 1. The van der Waals surface area contributed by atoms with Crippen LogP contribution in [0.1, 0.15) is 21.5 Å². The van der Waals surface area contributed by atoms with Gasteiger partial charge in [0, 0.05) is 30.5 Å². The van der Waals surface area contributed by atoms with Crippen LogP contribution in [-0.2, 0) is 13.1 Å². The number of nitrogens with one attached hydrogen (secondary N) is 1. The average molecular weight is 487 g/mol. The molecule has 35 heavy (non-hydrogen) atoms. The van der Waals surface area contributed by atoms with Crippen LogP contribution in [0.5, 0.6) is 0 Å². The van der Waals surface area contributed by atoms with Crippen molar-refractivity contribution in [2.24, 2.45) is 0 Å². The second-order valence-electron chi connectivity index (χ2n) is 8.09. The van der Waals surface area contributed by atoms with Gasteiger partial charge in [-0.05, 0) is 47.5 Å². The first-order chi connectivity index (χ1) is 17.0. The largest absolute Gasteiger partial charge is 0.348 e. The molecular weight excluding hydrogens is 467 g/mol. The normalized spacial score (nSPS) is 11.0. The molecular formula is C27H20ClFN4O2. The van der Waals surface area contributed by atoms with Crippen LogP contribution in [0.25, 0.3) is 16.9 Å². The molecule has 1 N–H and O–H groups in total. The van der Waals surface area contributed by atoms with Crippen LogP contribution in [0.2, 0.25) is 5.02 Å². The molecule has 0 aliphatic carbocycles. The van der Waals surface area contributed by atoms with Crippen LogP contribution in [0.15, 0.2) is 96.1 Å². The van der Waals surface area contributed by atoms with E-state index in [-0.39, 0.29) is 29.4 Å². The van der Waals surface area contributed by atoms with Crippen LogP contribution in [-0.4, -0.2) is 20.3 Å². The summed E-state index contributed by atoms with van der Waals surface area (Å²) in [6, 6.07) is 22.3. The quantitative estimate of drug-likeness (QED) is 0.371. The minimum Gasteiger partial charge on any atom is -0.348 e. The molecule has 0 aromatic heterocycles. The molecule has 0 bridgehead atoms. The Hall–Kier alpha value is -4.23. The Kier molecular flexibility index (Phi) is 6.16. The molecule has 0 unspecified atom stereocenters. The van der Waals surface area contributed by atoms with Gasteiger partial charge in [-0.15, -0.1) is 0 Å². The number of fused-ring (bicyclic) bond motifs is 1. The van der Waals surface area contributed by atoms with Crippen molar-refractivity contribution < 1.29 is 9.18 Å². The average Bonchev–Trinajstić information content (AvgIpc) is 3.21. The SMILES string of the molecule is O=C(NCc1ccc(Cl)cc1)c1cn(Cc2ccc(F)cc2)cc2c(=O)n(-c3ccccc3)nc1-2. The summed E-state index contributed by atoms with van der Waals surface area (Å²) >= 11 is 5.94. The number of carbonyl (C=O) groups is 1. The summed E-state index contributed by atoms with van der Waals surface area (Å²) in [5.74, 6) is -0.696. The zero-order valence-electron chi connectivity index (χ0n) is 18.5. The predicted molar refractivity (Wildman–Crippen MR) is 133 cm³/mol. The third-order valence-corrected chi connectivity index (χ3v) is 5.86. The highest BCUT2D eigenvalue weighted by molar-refractivity contribution is 6.30. The van der Waals surface area contributed by atoms with Crippen molar-refractivity contribution in [1.29, 1.82) is 0 Å². The summed E-state index contributed by atoms with van der Waals surface area (Å²) in [6.07, 6.45) is 3.33. The lowest BCUT2D eigenvalue weighted by atomic mass is 10.1. The standard InChI is InChI=1S/C27H20ClFN4O2/c28-20-10-6-18(7-11-20)14-30-26(34)23-16-32(15-19-8-12-21(29)13-9-19)17-24-25(23)31-33(27(24)35)22-4-2-1-3-5-22/h1-13,16-17H,14-15H2,(H,30,34). The summed E-state index contributed by atoms with van der Waals surface area (Å²) in [5.41, 5.74) is 2.88. The Morgan fingerprint density at radius 3 is 2.31 bits per heavy atom. The Morgan fingerprint density at radius 2 is 1.60 bits per heavy atom. The summed E-state index contributed by atoms with van der Waals surface area (Å²) in [6.45, 7) is 0.637. The highest BCUT2D eigenvalue weighted by Crippen LogP contribution is 2.23. The fourth-order valence-electron chi connectivity index (χ4n) is 3.84. The molecule has 0 saturated heterocycles. The molecule has 8 heteroatoms. The van der Waals surface area contributed by atoms with Crippen LogP contribution >= 0.6 is 11.6 Å². The fraction of sp³-hybridized carbons (Fsp3) is 0.0741. The molecule has 2 heterocycles. The van der Waals surface area contributed by atoms with Crippen molar-refractivity contribution in [3.05, 3.63) is 129 Å². The third-order valence-electron chi connectivity index (χ3n) is 5.61. The van der Waals surface area contributed by atoms with Crippen molar-refractivity contribution >= 4 is 17.5 Å². The first-order valence-corrected chi connectivity index (χ1v) is 11.3. The van der Waals surface area contributed by atoms with Crippen LogP contribution in [0, 0.1) is 5.82 Å². The number of halogens is 2. The molecule has 0 atom stereocenters. The van der Waals surface area contributed by atoms with Gasteiger partial charge in [0.1, 0.15) is 11.5 Å². The summed E-state index contributed by atoms with van der Waals surface area (Å²) in [7, 11) is 0. The van der Waals surface area contributed by atoms with E-state index in [1.807, 2.05) is 30.3 Å². The lowest BCUT2D eigenvalue weighted by Gasteiger charge is -2.13. The van der Waals surface area contributed by atoms with Crippen molar-refractivity contribution in [1.82, 2.24) is 19.7 Å². The second-order valence-corrected chi connectivity index (χ2v) is 8.53. The Labute approximate surface area is 205 Å². The highest BCUT2D eigenvalue weighted by Gasteiger charge is 2.24. The topological polar surface area (TPSA) is 68.9 Å². The van der Waals surface area contributed by atoms with Gasteiger partial charge in [0.15, 0.2) is 0 Å². The molecule has 5 rings (SSSR count). The fourth-order valence-corrected chi connectivity index (χ4v) is 3.97. The van der Waals surface area contributed by atoms with Crippen LogP contribution < -0.4 is 10.9 Å². The maximum Gasteiger partial charge on any atom is 0.282 e. The minimum atomic E-state index is -0.365. The van der Waals surface area contributed by atoms with Gasteiger partial charge in [-0.1, -0.05) is 54.1 Å². The van der Waals surface area contributed by atoms with Crippen molar-refractivity contribution in [3.8, 4) is 16.9 Å². The number of rotatable bonds is 6. The first kappa shape index (κ1) is 22.6. The Bertz CT molecular complexity index is 1510. The van der Waals surface area contributed by atoms with E-state index in [4.69, 9.17) is 11.6 Å². The lowest BCUT2D eigenvalue weighted by Crippen LogP contribution is -2.25. The lowest BCUT2D eigenvalue weighted by molar-refractivity contribution is 0.0950. The van der Waals surface area contributed by atoms with E-state index < -0.39 is 0 Å². The van der Waals surface area contributed by atoms with E-state index in [0.717, 1.165) is 11.1 Å². The molecule has 1 amide bonds. The van der Waals surface area contributed by atoms with Gasteiger partial charge in [-0.3, -0.25) is 9.59 Å². The third kappa shape index (κ3) is 4.85. The molecule has 3 aromatic carbocycles. The van der Waals surface area contributed by atoms with E-state index in [9.17, 15) is 14.0 Å².